The van der Waals surface area contributed by atoms with Crippen LogP contribution in [0, 0.1) is 5.92 Å². The van der Waals surface area contributed by atoms with Crippen molar-refractivity contribution in [2.24, 2.45) is 11.7 Å². The highest BCUT2D eigenvalue weighted by Gasteiger charge is 2.40. The van der Waals surface area contributed by atoms with Crippen LogP contribution in [-0.4, -0.2) is 29.2 Å². The van der Waals surface area contributed by atoms with Crippen LogP contribution in [0.3, 0.4) is 0 Å². The molecule has 0 aliphatic heterocycles. The summed E-state index contributed by atoms with van der Waals surface area (Å²) in [7, 11) is 0. The van der Waals surface area contributed by atoms with Crippen LogP contribution in [0.4, 0.5) is 0 Å². The van der Waals surface area contributed by atoms with Crippen LogP contribution in [0.25, 0.3) is 0 Å². The number of nitrogens with one attached hydrogen (secondary N) is 1. The maximum absolute atomic E-state index is 11.8. The highest BCUT2D eigenvalue weighted by atomic mass is 35.5. The molecule has 5 heteroatoms. The first kappa shape index (κ1) is 14.7. The summed E-state index contributed by atoms with van der Waals surface area (Å²) in [6.45, 7) is 0.582. The third-order valence-corrected chi connectivity index (χ3v) is 4.09. The molecule has 2 rings (SSSR count). The maximum Gasteiger partial charge on any atom is 0.240 e. The van der Waals surface area contributed by atoms with E-state index in [-0.39, 0.29) is 30.3 Å². The number of halogens is 1. The van der Waals surface area contributed by atoms with Gasteiger partial charge in [-0.1, -0.05) is 12.8 Å². The number of rotatable bonds is 3. The number of aliphatic hydroxyl groups is 1. The lowest BCUT2D eigenvalue weighted by molar-refractivity contribution is -0.129. The Morgan fingerprint density at radius 2 is 1.94 bits per heavy atom. The standard InChI is InChI=1S/C12H22N2O2.ClH/c13-12(6-3-7-12)11(16)14-8-9-4-1-2-5-10(9)15;/h9-10,15H,1-8,13H2,(H,14,16);1H. The van der Waals surface area contributed by atoms with E-state index in [2.05, 4.69) is 5.32 Å². The normalized spacial score (nSPS) is 30.9. The SMILES string of the molecule is Cl.NC1(C(=O)NCC2CCCCC2O)CCC1. The van der Waals surface area contributed by atoms with E-state index in [1.165, 1.54) is 0 Å². The smallest absolute Gasteiger partial charge is 0.240 e. The van der Waals surface area contributed by atoms with Gasteiger partial charge in [-0.15, -0.1) is 12.4 Å². The van der Waals surface area contributed by atoms with Crippen LogP contribution in [-0.2, 0) is 4.79 Å². The van der Waals surface area contributed by atoms with E-state index in [1.54, 1.807) is 0 Å². The van der Waals surface area contributed by atoms with Crippen LogP contribution >= 0.6 is 12.4 Å². The zero-order chi connectivity index (χ0) is 11.6. The first-order chi connectivity index (χ1) is 7.62. The van der Waals surface area contributed by atoms with Crippen molar-refractivity contribution in [3.05, 3.63) is 0 Å². The quantitative estimate of drug-likeness (QED) is 0.709. The first-order valence-corrected chi connectivity index (χ1v) is 6.37. The van der Waals surface area contributed by atoms with Crippen LogP contribution in [0.1, 0.15) is 44.9 Å². The molecular weight excluding hydrogens is 240 g/mol. The number of amides is 1. The van der Waals surface area contributed by atoms with Gasteiger partial charge in [0.05, 0.1) is 11.6 Å². The van der Waals surface area contributed by atoms with Crippen molar-refractivity contribution in [2.45, 2.75) is 56.6 Å². The van der Waals surface area contributed by atoms with Crippen LogP contribution in [0.5, 0.6) is 0 Å². The van der Waals surface area contributed by atoms with Gasteiger partial charge in [0.2, 0.25) is 5.91 Å². The minimum Gasteiger partial charge on any atom is -0.393 e. The molecule has 0 aromatic rings. The highest BCUT2D eigenvalue weighted by Crippen LogP contribution is 2.29. The van der Waals surface area contributed by atoms with Gasteiger partial charge in [0.25, 0.3) is 0 Å². The number of hydrogen-bond donors (Lipinski definition) is 3. The van der Waals surface area contributed by atoms with Gasteiger partial charge < -0.3 is 16.2 Å². The molecule has 2 unspecified atom stereocenters. The van der Waals surface area contributed by atoms with E-state index < -0.39 is 5.54 Å². The molecule has 0 spiro atoms. The number of aliphatic hydroxyl groups excluding tert-OH is 1. The van der Waals surface area contributed by atoms with E-state index in [4.69, 9.17) is 5.73 Å². The van der Waals surface area contributed by atoms with Gasteiger partial charge >= 0.3 is 0 Å². The topological polar surface area (TPSA) is 75.4 Å². The van der Waals surface area contributed by atoms with Crippen LogP contribution < -0.4 is 11.1 Å². The van der Waals surface area contributed by atoms with Crippen LogP contribution in [0.2, 0.25) is 0 Å². The summed E-state index contributed by atoms with van der Waals surface area (Å²) >= 11 is 0. The fourth-order valence-corrected chi connectivity index (χ4v) is 2.61. The van der Waals surface area contributed by atoms with Gasteiger partial charge in [0, 0.05) is 12.5 Å². The summed E-state index contributed by atoms with van der Waals surface area (Å²) in [5.41, 5.74) is 5.31. The van der Waals surface area contributed by atoms with Crippen molar-refractivity contribution < 1.29 is 9.90 Å². The minimum atomic E-state index is -0.611. The van der Waals surface area contributed by atoms with Crippen LogP contribution in [0.15, 0.2) is 0 Å². The van der Waals surface area contributed by atoms with Crippen molar-refractivity contribution >= 4 is 18.3 Å². The fourth-order valence-electron chi connectivity index (χ4n) is 2.61. The molecular formula is C12H23ClN2O2. The molecule has 2 aliphatic carbocycles. The van der Waals surface area contributed by atoms with Crippen molar-refractivity contribution in [1.29, 1.82) is 0 Å². The van der Waals surface area contributed by atoms with Gasteiger partial charge in [0.1, 0.15) is 0 Å². The summed E-state index contributed by atoms with van der Waals surface area (Å²) in [5.74, 6) is 0.193. The first-order valence-electron chi connectivity index (χ1n) is 6.37. The third kappa shape index (κ3) is 3.33. The minimum absolute atomic E-state index is 0. The monoisotopic (exact) mass is 262 g/mol. The lowest BCUT2D eigenvalue weighted by Gasteiger charge is -2.37. The third-order valence-electron chi connectivity index (χ3n) is 4.09. The van der Waals surface area contributed by atoms with E-state index in [0.29, 0.717) is 6.54 Å². The average molecular weight is 263 g/mol. The maximum atomic E-state index is 11.8. The number of nitrogens with two attached hydrogens (primary N) is 1. The van der Waals surface area contributed by atoms with Crippen molar-refractivity contribution in [3.63, 3.8) is 0 Å². The molecule has 17 heavy (non-hydrogen) atoms. The molecule has 2 fully saturated rings. The van der Waals surface area contributed by atoms with Gasteiger partial charge in [-0.25, -0.2) is 0 Å². The summed E-state index contributed by atoms with van der Waals surface area (Å²) in [6.07, 6.45) is 6.54. The van der Waals surface area contributed by atoms with Crippen molar-refractivity contribution in [2.75, 3.05) is 6.54 Å². The second-order valence-electron chi connectivity index (χ2n) is 5.33. The van der Waals surface area contributed by atoms with Crippen molar-refractivity contribution in [3.8, 4) is 0 Å². The molecule has 100 valence electrons. The Morgan fingerprint density at radius 1 is 1.29 bits per heavy atom. The number of carbonyl (C=O) groups is 1. The number of hydrogen-bond acceptors (Lipinski definition) is 3. The highest BCUT2D eigenvalue weighted by molar-refractivity contribution is 5.87. The predicted octanol–water partition coefficient (Wildman–Crippen LogP) is 0.957. The Kier molecular flexibility index (Phi) is 5.22. The van der Waals surface area contributed by atoms with E-state index in [1.807, 2.05) is 0 Å². The second kappa shape index (κ2) is 6.03. The molecule has 0 aromatic heterocycles. The second-order valence-corrected chi connectivity index (χ2v) is 5.33. The molecule has 1 amide bonds. The van der Waals surface area contributed by atoms with Gasteiger partial charge in [0.15, 0.2) is 0 Å². The Morgan fingerprint density at radius 3 is 2.47 bits per heavy atom. The Bertz CT molecular complexity index is 269. The number of carbonyl (C=O) groups excluding carboxylic acids is 1. The molecule has 0 heterocycles. The molecule has 4 N–H and O–H groups in total. The Labute approximate surface area is 109 Å². The molecule has 4 nitrogen and oxygen atoms in total. The molecule has 0 radical (unpaired) electrons. The van der Waals surface area contributed by atoms with Crippen molar-refractivity contribution in [1.82, 2.24) is 5.32 Å². The summed E-state index contributed by atoms with van der Waals surface area (Å²) < 4.78 is 0. The zero-order valence-electron chi connectivity index (χ0n) is 10.2. The lowest BCUT2D eigenvalue weighted by Crippen LogP contribution is -2.59. The molecule has 0 aromatic carbocycles. The fraction of sp³-hybridized carbons (Fsp3) is 0.917. The lowest BCUT2D eigenvalue weighted by atomic mass is 9.77. The Hall–Kier alpha value is -0.320. The summed E-state index contributed by atoms with van der Waals surface area (Å²) in [4.78, 5) is 11.8. The molecule has 2 atom stereocenters. The van der Waals surface area contributed by atoms with Gasteiger partial charge in [-0.3, -0.25) is 4.79 Å². The molecule has 0 bridgehead atoms. The summed E-state index contributed by atoms with van der Waals surface area (Å²) in [5, 5.41) is 12.7. The molecule has 0 saturated heterocycles. The molecule has 2 saturated carbocycles. The van der Waals surface area contributed by atoms with Gasteiger partial charge in [-0.05, 0) is 32.1 Å². The van der Waals surface area contributed by atoms with Gasteiger partial charge in [-0.2, -0.15) is 0 Å². The average Bonchev–Trinajstić information content (AvgIpc) is 2.24. The predicted molar refractivity (Wildman–Crippen MR) is 69.0 cm³/mol. The largest absolute Gasteiger partial charge is 0.393 e. The molecule has 2 aliphatic rings. The van der Waals surface area contributed by atoms with E-state index >= 15 is 0 Å². The zero-order valence-corrected chi connectivity index (χ0v) is 11.0. The summed E-state index contributed by atoms with van der Waals surface area (Å²) in [6, 6.07) is 0. The Balaban J connectivity index is 0.00000144. The van der Waals surface area contributed by atoms with E-state index in [9.17, 15) is 9.90 Å². The van der Waals surface area contributed by atoms with E-state index in [0.717, 1.165) is 44.9 Å².